The molecule has 3 amide bonds. The molecule has 9 nitrogen and oxygen atoms in total. The number of hydrogen-bond donors (Lipinski definition) is 2. The van der Waals surface area contributed by atoms with Crippen LogP contribution in [-0.2, 0) is 4.79 Å². The lowest BCUT2D eigenvalue weighted by Crippen LogP contribution is -2.35. The van der Waals surface area contributed by atoms with E-state index in [1.807, 2.05) is 36.9 Å². The summed E-state index contributed by atoms with van der Waals surface area (Å²) >= 11 is 6.17. The van der Waals surface area contributed by atoms with E-state index in [4.69, 9.17) is 16.6 Å². The molecule has 0 saturated carbocycles. The standard InChI is InChI=1S/C30H37ClN6O3/c1-19-16-20(6-8-23(19)30(40)36-13-4-5-14-36)29(39)34-25(28-32-24-9-7-21(31)17-26(24)33-28)10-11-27(38)37-15-12-22(18-37)35(2)3/h6-9,16-17,22,25H,4-5,10-15,18H2,1-3H3,(H,32,33)(H,34,39)/t22?,25-/m0/s1. The Labute approximate surface area is 239 Å². The van der Waals surface area contributed by atoms with E-state index in [1.165, 1.54) is 0 Å². The van der Waals surface area contributed by atoms with Crippen molar-refractivity contribution in [3.8, 4) is 0 Å². The summed E-state index contributed by atoms with van der Waals surface area (Å²) in [5.74, 6) is 0.373. The van der Waals surface area contributed by atoms with Gasteiger partial charge in [0.25, 0.3) is 11.8 Å². The van der Waals surface area contributed by atoms with Gasteiger partial charge in [0.2, 0.25) is 5.91 Å². The number of carbonyl (C=O) groups excluding carboxylic acids is 3. The predicted octanol–water partition coefficient (Wildman–Crippen LogP) is 4.17. The second-order valence-corrected chi connectivity index (χ2v) is 11.6. The van der Waals surface area contributed by atoms with Crippen LogP contribution in [0.4, 0.5) is 0 Å². The van der Waals surface area contributed by atoms with E-state index in [9.17, 15) is 14.4 Å². The summed E-state index contributed by atoms with van der Waals surface area (Å²) < 4.78 is 0. The number of amides is 3. The molecule has 2 aliphatic rings. The number of halogens is 1. The molecular formula is C30H37ClN6O3. The van der Waals surface area contributed by atoms with Gasteiger partial charge in [0.1, 0.15) is 5.82 Å². The first-order chi connectivity index (χ1) is 19.2. The van der Waals surface area contributed by atoms with Crippen molar-refractivity contribution >= 4 is 40.4 Å². The number of nitrogens with one attached hydrogen (secondary N) is 2. The minimum absolute atomic E-state index is 0.0118. The van der Waals surface area contributed by atoms with Crippen LogP contribution in [0.25, 0.3) is 11.0 Å². The maximum atomic E-state index is 13.4. The maximum Gasteiger partial charge on any atom is 0.254 e. The molecular weight excluding hydrogens is 528 g/mol. The number of aryl methyl sites for hydroxylation is 1. The van der Waals surface area contributed by atoms with Gasteiger partial charge in [-0.25, -0.2) is 4.98 Å². The zero-order valence-corrected chi connectivity index (χ0v) is 24.1. The van der Waals surface area contributed by atoms with Gasteiger partial charge < -0.3 is 25.0 Å². The summed E-state index contributed by atoms with van der Waals surface area (Å²) in [6.45, 7) is 4.86. The summed E-state index contributed by atoms with van der Waals surface area (Å²) in [5, 5.41) is 3.67. The number of H-pyrrole nitrogens is 1. The minimum Gasteiger partial charge on any atom is -0.342 e. The van der Waals surface area contributed by atoms with Crippen molar-refractivity contribution in [1.82, 2.24) is 30.0 Å². The summed E-state index contributed by atoms with van der Waals surface area (Å²) in [5.41, 5.74) is 3.34. The molecule has 5 rings (SSSR count). The number of benzene rings is 2. The minimum atomic E-state index is -0.513. The second kappa shape index (κ2) is 12.0. The van der Waals surface area contributed by atoms with Crippen LogP contribution in [0.3, 0.4) is 0 Å². The fraction of sp³-hybridized carbons (Fsp3) is 0.467. The van der Waals surface area contributed by atoms with Crippen molar-refractivity contribution in [2.45, 2.75) is 51.1 Å². The lowest BCUT2D eigenvalue weighted by atomic mass is 10.0. The highest BCUT2D eigenvalue weighted by molar-refractivity contribution is 6.31. The van der Waals surface area contributed by atoms with Crippen LogP contribution in [0, 0.1) is 6.92 Å². The van der Waals surface area contributed by atoms with Crippen LogP contribution in [0.15, 0.2) is 36.4 Å². The Morgan fingerprint density at radius 2 is 1.88 bits per heavy atom. The molecule has 10 heteroatoms. The zero-order chi connectivity index (χ0) is 28.4. The van der Waals surface area contributed by atoms with Gasteiger partial charge in [0, 0.05) is 54.8 Å². The van der Waals surface area contributed by atoms with Gasteiger partial charge >= 0.3 is 0 Å². The maximum absolute atomic E-state index is 13.4. The molecule has 2 atom stereocenters. The normalized spacial score (nSPS) is 18.1. The quantitative estimate of drug-likeness (QED) is 0.427. The zero-order valence-electron chi connectivity index (χ0n) is 23.4. The Hall–Kier alpha value is -3.43. The number of hydrogen-bond acceptors (Lipinski definition) is 5. The van der Waals surface area contributed by atoms with E-state index in [2.05, 4.69) is 15.2 Å². The number of aromatic amines is 1. The van der Waals surface area contributed by atoms with Crippen LogP contribution in [0.1, 0.15) is 70.2 Å². The van der Waals surface area contributed by atoms with Crippen LogP contribution < -0.4 is 5.32 Å². The number of imidazole rings is 1. The third kappa shape index (κ3) is 6.15. The van der Waals surface area contributed by atoms with Crippen LogP contribution in [0.2, 0.25) is 5.02 Å². The third-order valence-electron chi connectivity index (χ3n) is 8.10. The summed E-state index contributed by atoms with van der Waals surface area (Å²) in [6.07, 6.45) is 3.68. The van der Waals surface area contributed by atoms with Crippen LogP contribution in [-0.4, -0.2) is 88.7 Å². The number of aromatic nitrogens is 2. The van der Waals surface area contributed by atoms with Crippen molar-refractivity contribution in [3.63, 3.8) is 0 Å². The first kappa shape index (κ1) is 28.1. The molecule has 1 aromatic heterocycles. The van der Waals surface area contributed by atoms with E-state index in [1.54, 1.807) is 30.3 Å². The lowest BCUT2D eigenvalue weighted by Gasteiger charge is -2.22. The summed E-state index contributed by atoms with van der Waals surface area (Å²) in [7, 11) is 4.07. The van der Waals surface area contributed by atoms with Gasteiger partial charge in [-0.2, -0.15) is 0 Å². The Balaban J connectivity index is 1.33. The number of carbonyl (C=O) groups is 3. The van der Waals surface area contributed by atoms with Crippen LogP contribution in [0.5, 0.6) is 0 Å². The van der Waals surface area contributed by atoms with Gasteiger partial charge in [-0.1, -0.05) is 11.6 Å². The van der Waals surface area contributed by atoms with Crippen molar-refractivity contribution in [1.29, 1.82) is 0 Å². The first-order valence-electron chi connectivity index (χ1n) is 14.0. The van der Waals surface area contributed by atoms with Gasteiger partial charge in [-0.3, -0.25) is 14.4 Å². The number of likely N-dealkylation sites (tertiary alicyclic amines) is 2. The van der Waals surface area contributed by atoms with E-state index >= 15 is 0 Å². The average molecular weight is 565 g/mol. The van der Waals surface area contributed by atoms with E-state index < -0.39 is 6.04 Å². The SMILES string of the molecule is Cc1cc(C(=O)N[C@@H](CCC(=O)N2CCC(N(C)C)C2)c2nc3ccc(Cl)cc3[nH]2)ccc1C(=O)N1CCCC1. The Bertz CT molecular complexity index is 1410. The van der Waals surface area contributed by atoms with E-state index in [-0.39, 0.29) is 24.1 Å². The average Bonchev–Trinajstić information content (AvgIpc) is 3.71. The van der Waals surface area contributed by atoms with Gasteiger partial charge in [0.15, 0.2) is 0 Å². The number of nitrogens with zero attached hydrogens (tertiary/aromatic N) is 4. The first-order valence-corrected chi connectivity index (χ1v) is 14.4. The Kier molecular flexibility index (Phi) is 8.42. The van der Waals surface area contributed by atoms with Gasteiger partial charge in [0.05, 0.1) is 17.1 Å². The predicted molar refractivity (Wildman–Crippen MR) is 156 cm³/mol. The number of likely N-dealkylation sites (N-methyl/N-ethyl adjacent to an activating group) is 1. The number of fused-ring (bicyclic) bond motifs is 1. The summed E-state index contributed by atoms with van der Waals surface area (Å²) in [4.78, 5) is 53.3. The van der Waals surface area contributed by atoms with Gasteiger partial charge in [-0.05, 0) is 88.7 Å². The second-order valence-electron chi connectivity index (χ2n) is 11.1. The molecule has 0 radical (unpaired) electrons. The van der Waals surface area contributed by atoms with Gasteiger partial charge in [-0.15, -0.1) is 0 Å². The van der Waals surface area contributed by atoms with E-state index in [0.29, 0.717) is 41.0 Å². The molecule has 1 unspecified atom stereocenters. The molecule has 3 aromatic rings. The van der Waals surface area contributed by atoms with Crippen molar-refractivity contribution in [3.05, 3.63) is 63.9 Å². The van der Waals surface area contributed by atoms with Crippen molar-refractivity contribution in [2.75, 3.05) is 40.3 Å². The highest BCUT2D eigenvalue weighted by Gasteiger charge is 2.29. The number of rotatable bonds is 8. The molecule has 212 valence electrons. The fourth-order valence-electron chi connectivity index (χ4n) is 5.64. The molecule has 0 aliphatic carbocycles. The molecule has 0 bridgehead atoms. The molecule has 2 N–H and O–H groups in total. The Morgan fingerprint density at radius 3 is 2.58 bits per heavy atom. The monoisotopic (exact) mass is 564 g/mol. The van der Waals surface area contributed by atoms with Crippen molar-refractivity contribution < 1.29 is 14.4 Å². The topological polar surface area (TPSA) is 102 Å². The molecule has 40 heavy (non-hydrogen) atoms. The third-order valence-corrected chi connectivity index (χ3v) is 8.34. The molecule has 2 saturated heterocycles. The highest BCUT2D eigenvalue weighted by atomic mass is 35.5. The molecule has 2 fully saturated rings. The molecule has 3 heterocycles. The molecule has 2 aromatic carbocycles. The van der Waals surface area contributed by atoms with E-state index in [0.717, 1.165) is 55.5 Å². The van der Waals surface area contributed by atoms with Crippen molar-refractivity contribution in [2.24, 2.45) is 0 Å². The molecule has 2 aliphatic heterocycles. The smallest absolute Gasteiger partial charge is 0.254 e. The largest absolute Gasteiger partial charge is 0.342 e. The summed E-state index contributed by atoms with van der Waals surface area (Å²) in [6, 6.07) is 10.4. The Morgan fingerprint density at radius 1 is 1.10 bits per heavy atom. The lowest BCUT2D eigenvalue weighted by molar-refractivity contribution is -0.130. The molecule has 0 spiro atoms. The highest BCUT2D eigenvalue weighted by Crippen LogP contribution is 2.25. The van der Waals surface area contributed by atoms with Crippen LogP contribution >= 0.6 is 11.6 Å². The fourth-order valence-corrected chi connectivity index (χ4v) is 5.81.